The number of aromatic nitrogens is 3. The summed E-state index contributed by atoms with van der Waals surface area (Å²) in [5.41, 5.74) is 0.749. The van der Waals surface area contributed by atoms with Crippen molar-refractivity contribution in [2.75, 3.05) is 26.2 Å². The molecule has 0 spiro atoms. The van der Waals surface area contributed by atoms with E-state index in [0.29, 0.717) is 18.4 Å². The summed E-state index contributed by atoms with van der Waals surface area (Å²) in [4.78, 5) is 22.7. The molecule has 0 radical (unpaired) electrons. The molecule has 3 heterocycles. The lowest BCUT2D eigenvalue weighted by Gasteiger charge is -2.17. The van der Waals surface area contributed by atoms with E-state index in [1.165, 1.54) is 0 Å². The summed E-state index contributed by atoms with van der Waals surface area (Å²) in [6, 6.07) is 0.00222. The van der Waals surface area contributed by atoms with E-state index in [9.17, 15) is 18.0 Å². The summed E-state index contributed by atoms with van der Waals surface area (Å²) in [5.74, 6) is -1.49. The van der Waals surface area contributed by atoms with E-state index in [2.05, 4.69) is 26.0 Å². The molecule has 0 bridgehead atoms. The number of amides is 2. The average molecular weight is 350 g/mol. The van der Waals surface area contributed by atoms with Gasteiger partial charge in [-0.25, -0.2) is 9.59 Å². The van der Waals surface area contributed by atoms with Gasteiger partial charge in [0.1, 0.15) is 5.69 Å². The normalized spacial score (nSPS) is 22.5. The first-order valence-corrected chi connectivity index (χ1v) is 7.16. The molecule has 2 atom stereocenters. The molecule has 12 heteroatoms. The van der Waals surface area contributed by atoms with Gasteiger partial charge >= 0.3 is 18.2 Å². The minimum Gasteiger partial charge on any atom is -0.475 e. The number of alkyl halides is 3. The fraction of sp³-hybridized carbons (Fsp3) is 0.667. The zero-order valence-electron chi connectivity index (χ0n) is 12.5. The summed E-state index contributed by atoms with van der Waals surface area (Å²) in [7, 11) is 0. The van der Waals surface area contributed by atoms with Crippen LogP contribution in [-0.4, -0.2) is 69.8 Å². The Morgan fingerprint density at radius 2 is 1.92 bits per heavy atom. The highest BCUT2D eigenvalue weighted by Gasteiger charge is 2.38. The fourth-order valence-electron chi connectivity index (χ4n) is 2.61. The van der Waals surface area contributed by atoms with E-state index in [4.69, 9.17) is 9.90 Å². The van der Waals surface area contributed by atoms with Gasteiger partial charge in [-0.3, -0.25) is 5.10 Å². The van der Waals surface area contributed by atoms with E-state index in [1.807, 2.05) is 4.90 Å². The maximum absolute atomic E-state index is 11.9. The summed E-state index contributed by atoms with van der Waals surface area (Å²) < 4.78 is 31.7. The predicted octanol–water partition coefficient (Wildman–Crippen LogP) is -0.201. The molecule has 2 fully saturated rings. The Balaban J connectivity index is 0.000000256. The highest BCUT2D eigenvalue weighted by molar-refractivity contribution is 5.74. The molecule has 0 aromatic carbocycles. The van der Waals surface area contributed by atoms with Crippen LogP contribution < -0.4 is 10.6 Å². The molecule has 2 amide bonds. The first kappa shape index (κ1) is 18.0. The number of likely N-dealkylation sites (tertiary alicyclic amines) is 1. The Hall–Kier alpha value is -2.37. The van der Waals surface area contributed by atoms with Crippen molar-refractivity contribution in [2.24, 2.45) is 11.8 Å². The number of hydrogen-bond acceptors (Lipinski definition) is 5. The maximum Gasteiger partial charge on any atom is 0.490 e. The smallest absolute Gasteiger partial charge is 0.475 e. The van der Waals surface area contributed by atoms with Gasteiger partial charge in [0.2, 0.25) is 0 Å². The number of nitrogens with zero attached hydrogens (tertiary/aromatic N) is 3. The van der Waals surface area contributed by atoms with Crippen LogP contribution in [0.2, 0.25) is 0 Å². The average Bonchev–Trinajstić information content (AvgIpc) is 3.20. The second kappa shape index (κ2) is 7.47. The fourth-order valence-corrected chi connectivity index (χ4v) is 2.61. The number of aromatic amines is 1. The third kappa shape index (κ3) is 4.81. The van der Waals surface area contributed by atoms with Crippen molar-refractivity contribution >= 4 is 12.0 Å². The number of urea groups is 1. The second-order valence-corrected chi connectivity index (χ2v) is 5.51. The number of halogens is 3. The van der Waals surface area contributed by atoms with Crippen molar-refractivity contribution in [3.05, 3.63) is 11.9 Å². The molecular weight excluding hydrogens is 333 g/mol. The van der Waals surface area contributed by atoms with E-state index in [-0.39, 0.29) is 6.03 Å². The number of fused-ring (bicyclic) bond motifs is 1. The summed E-state index contributed by atoms with van der Waals surface area (Å²) in [5, 5.41) is 23.4. The van der Waals surface area contributed by atoms with Gasteiger partial charge in [-0.15, -0.1) is 5.10 Å². The van der Waals surface area contributed by atoms with Gasteiger partial charge in [-0.1, -0.05) is 5.21 Å². The summed E-state index contributed by atoms with van der Waals surface area (Å²) in [6.45, 7) is 4.24. The van der Waals surface area contributed by atoms with Gasteiger partial charge in [0.25, 0.3) is 0 Å². The van der Waals surface area contributed by atoms with Crippen LogP contribution in [0.3, 0.4) is 0 Å². The summed E-state index contributed by atoms with van der Waals surface area (Å²) >= 11 is 0. The largest absolute Gasteiger partial charge is 0.490 e. The number of carboxylic acids is 1. The molecule has 0 unspecified atom stereocenters. The Labute approximate surface area is 134 Å². The topological polar surface area (TPSA) is 123 Å². The molecule has 0 saturated carbocycles. The van der Waals surface area contributed by atoms with Gasteiger partial charge < -0.3 is 20.6 Å². The molecule has 3 rings (SSSR count). The molecular formula is C12H17F3N6O3. The van der Waals surface area contributed by atoms with Crippen LogP contribution in [0.25, 0.3) is 0 Å². The molecule has 24 heavy (non-hydrogen) atoms. The summed E-state index contributed by atoms with van der Waals surface area (Å²) in [6.07, 6.45) is -3.40. The number of aliphatic carboxylic acids is 1. The van der Waals surface area contributed by atoms with E-state index >= 15 is 0 Å². The third-order valence-electron chi connectivity index (χ3n) is 3.81. The lowest BCUT2D eigenvalue weighted by molar-refractivity contribution is -0.192. The second-order valence-electron chi connectivity index (χ2n) is 5.51. The number of nitrogens with one attached hydrogen (secondary N) is 3. The molecule has 2 saturated heterocycles. The van der Waals surface area contributed by atoms with E-state index in [1.54, 1.807) is 6.20 Å². The van der Waals surface area contributed by atoms with Gasteiger partial charge in [-0.2, -0.15) is 13.2 Å². The van der Waals surface area contributed by atoms with Gasteiger partial charge in [-0.05, 0) is 11.8 Å². The first-order chi connectivity index (χ1) is 11.3. The number of H-pyrrole nitrogens is 1. The van der Waals surface area contributed by atoms with Crippen molar-refractivity contribution in [3.63, 3.8) is 0 Å². The number of rotatable bonds is 2. The molecule has 4 N–H and O–H groups in total. The number of hydrogen-bond donors (Lipinski definition) is 4. The van der Waals surface area contributed by atoms with E-state index < -0.39 is 12.1 Å². The molecule has 1 aromatic rings. The Kier molecular flexibility index (Phi) is 5.59. The molecule has 2 aliphatic heterocycles. The zero-order valence-corrected chi connectivity index (χ0v) is 12.5. The highest BCUT2D eigenvalue weighted by Crippen LogP contribution is 2.26. The van der Waals surface area contributed by atoms with Crippen molar-refractivity contribution < 1.29 is 27.9 Å². The zero-order chi connectivity index (χ0) is 17.7. The molecule has 134 valence electrons. The van der Waals surface area contributed by atoms with Crippen LogP contribution in [-0.2, 0) is 11.3 Å². The number of carboxylic acid groups (broad SMARTS) is 1. The van der Waals surface area contributed by atoms with Crippen molar-refractivity contribution in [2.45, 2.75) is 12.7 Å². The standard InChI is InChI=1S/C10H16N6O.C2HF3O2/c17-10(12-3-9-4-13-15-14-9)16-5-7-1-11-2-8(7)6-16;3-2(4,5)1(6)7/h4,7-8,11H,1-3,5-6H2,(H,12,17)(H,13,14,15);(H,6,7)/t7-,8+;. The van der Waals surface area contributed by atoms with Crippen molar-refractivity contribution in [3.8, 4) is 0 Å². The van der Waals surface area contributed by atoms with E-state index in [0.717, 1.165) is 31.9 Å². The molecule has 9 nitrogen and oxygen atoms in total. The van der Waals surface area contributed by atoms with Gasteiger partial charge in [0, 0.05) is 32.4 Å². The molecule has 1 aromatic heterocycles. The minimum atomic E-state index is -5.08. The Morgan fingerprint density at radius 3 is 2.38 bits per heavy atom. The lowest BCUT2D eigenvalue weighted by atomic mass is 10.0. The lowest BCUT2D eigenvalue weighted by Crippen LogP contribution is -2.39. The third-order valence-corrected chi connectivity index (χ3v) is 3.81. The van der Waals surface area contributed by atoms with Crippen LogP contribution >= 0.6 is 0 Å². The Bertz CT molecular complexity index is 553. The van der Waals surface area contributed by atoms with Crippen LogP contribution in [0.4, 0.5) is 18.0 Å². The number of carbonyl (C=O) groups excluding carboxylic acids is 1. The number of carbonyl (C=O) groups is 2. The SMILES string of the molecule is O=C(NCc1c[nH]nn1)N1C[C@H]2CNC[C@H]2C1.O=C(O)C(F)(F)F. The molecule has 0 aliphatic carbocycles. The van der Waals surface area contributed by atoms with Crippen LogP contribution in [0.5, 0.6) is 0 Å². The van der Waals surface area contributed by atoms with Crippen LogP contribution in [0.1, 0.15) is 5.69 Å². The Morgan fingerprint density at radius 1 is 1.33 bits per heavy atom. The van der Waals surface area contributed by atoms with Gasteiger partial charge in [0.15, 0.2) is 0 Å². The predicted molar refractivity (Wildman–Crippen MR) is 73.7 cm³/mol. The molecule has 2 aliphatic rings. The van der Waals surface area contributed by atoms with Crippen molar-refractivity contribution in [1.29, 1.82) is 0 Å². The van der Waals surface area contributed by atoms with Crippen molar-refractivity contribution in [1.82, 2.24) is 30.9 Å². The first-order valence-electron chi connectivity index (χ1n) is 7.16. The van der Waals surface area contributed by atoms with Crippen LogP contribution in [0.15, 0.2) is 6.20 Å². The quantitative estimate of drug-likeness (QED) is 0.586. The monoisotopic (exact) mass is 350 g/mol. The highest BCUT2D eigenvalue weighted by atomic mass is 19.4. The van der Waals surface area contributed by atoms with Crippen LogP contribution in [0, 0.1) is 11.8 Å². The maximum atomic E-state index is 11.9. The van der Waals surface area contributed by atoms with Gasteiger partial charge in [0.05, 0.1) is 6.54 Å². The minimum absolute atomic E-state index is 0.00222.